The molecule has 3 N–H and O–H groups in total. The molecule has 1 saturated heterocycles. The first-order valence-electron chi connectivity index (χ1n) is 7.03. The Bertz CT molecular complexity index is 439. The second-order valence-corrected chi connectivity index (χ2v) is 5.25. The van der Waals surface area contributed by atoms with Crippen molar-refractivity contribution in [3.05, 3.63) is 29.3 Å². The third-order valence-electron chi connectivity index (χ3n) is 3.62. The highest BCUT2D eigenvalue weighted by atomic mass is 16.1. The first kappa shape index (κ1) is 13.9. The number of carbonyl (C=O) groups is 1. The monoisotopic (exact) mass is 261 g/mol. The molecule has 0 bridgehead atoms. The molecule has 19 heavy (non-hydrogen) atoms. The zero-order valence-electron chi connectivity index (χ0n) is 11.6. The van der Waals surface area contributed by atoms with Crippen molar-refractivity contribution in [3.63, 3.8) is 0 Å². The van der Waals surface area contributed by atoms with Gasteiger partial charge in [-0.25, -0.2) is 0 Å². The van der Waals surface area contributed by atoms with E-state index in [1.54, 1.807) is 6.07 Å². The molecule has 0 unspecified atom stereocenters. The van der Waals surface area contributed by atoms with Gasteiger partial charge in [-0.3, -0.25) is 4.79 Å². The van der Waals surface area contributed by atoms with Gasteiger partial charge < -0.3 is 16.0 Å². The maximum Gasteiger partial charge on any atom is 0.253 e. The highest BCUT2D eigenvalue weighted by Gasteiger charge is 2.12. The van der Waals surface area contributed by atoms with Crippen LogP contribution in [0, 0.1) is 6.92 Å². The van der Waals surface area contributed by atoms with Crippen molar-refractivity contribution < 1.29 is 4.79 Å². The predicted molar refractivity (Wildman–Crippen MR) is 78.2 cm³/mol. The normalized spacial score (nSPS) is 16.3. The van der Waals surface area contributed by atoms with Crippen molar-refractivity contribution in [1.82, 2.24) is 10.2 Å². The summed E-state index contributed by atoms with van der Waals surface area (Å²) < 4.78 is 0. The number of benzene rings is 1. The summed E-state index contributed by atoms with van der Waals surface area (Å²) in [6, 6.07) is 5.54. The third-order valence-corrected chi connectivity index (χ3v) is 3.62. The van der Waals surface area contributed by atoms with Crippen LogP contribution < -0.4 is 11.1 Å². The lowest BCUT2D eigenvalue weighted by Gasteiger charge is -2.26. The molecule has 104 valence electrons. The molecule has 0 spiro atoms. The summed E-state index contributed by atoms with van der Waals surface area (Å²) in [5.74, 6) is -0.0711. The van der Waals surface area contributed by atoms with Crippen molar-refractivity contribution in [2.24, 2.45) is 0 Å². The first-order chi connectivity index (χ1) is 9.16. The molecule has 1 amide bonds. The number of nitrogens with one attached hydrogen (secondary N) is 1. The van der Waals surface area contributed by atoms with Crippen molar-refractivity contribution in [2.45, 2.75) is 26.2 Å². The average Bonchev–Trinajstić information content (AvgIpc) is 2.42. The lowest BCUT2D eigenvalue weighted by Crippen LogP contribution is -2.37. The van der Waals surface area contributed by atoms with Crippen molar-refractivity contribution in [1.29, 1.82) is 0 Å². The molecule has 1 aliphatic rings. The first-order valence-corrected chi connectivity index (χ1v) is 7.03. The third kappa shape index (κ3) is 3.96. The number of nitrogens with zero attached hydrogens (tertiary/aromatic N) is 1. The van der Waals surface area contributed by atoms with E-state index in [9.17, 15) is 4.79 Å². The number of rotatable bonds is 4. The van der Waals surface area contributed by atoms with E-state index in [0.29, 0.717) is 17.8 Å². The fraction of sp³-hybridized carbons (Fsp3) is 0.533. The summed E-state index contributed by atoms with van der Waals surface area (Å²) in [7, 11) is 0. The molecule has 1 aromatic rings. The van der Waals surface area contributed by atoms with Gasteiger partial charge in [0.2, 0.25) is 0 Å². The highest BCUT2D eigenvalue weighted by Crippen LogP contribution is 2.13. The second kappa shape index (κ2) is 6.57. The standard InChI is InChI=1S/C15H23N3O/c1-12-5-6-14(16)13(11-12)15(19)17-7-10-18-8-3-2-4-9-18/h5-6,11H,2-4,7-10,16H2,1H3,(H,17,19). The molecule has 0 atom stereocenters. The molecule has 4 heteroatoms. The maximum absolute atomic E-state index is 12.0. The van der Waals surface area contributed by atoms with Crippen LogP contribution in [0.4, 0.5) is 5.69 Å². The van der Waals surface area contributed by atoms with E-state index < -0.39 is 0 Å². The van der Waals surface area contributed by atoms with Gasteiger partial charge in [0, 0.05) is 18.8 Å². The molecule has 4 nitrogen and oxygen atoms in total. The van der Waals surface area contributed by atoms with Crippen LogP contribution in [0.3, 0.4) is 0 Å². The minimum absolute atomic E-state index is 0.0711. The van der Waals surface area contributed by atoms with Crippen molar-refractivity contribution >= 4 is 11.6 Å². The Balaban J connectivity index is 1.82. The fourth-order valence-corrected chi connectivity index (χ4v) is 2.47. The number of aryl methyl sites for hydroxylation is 1. The molecule has 2 rings (SSSR count). The zero-order chi connectivity index (χ0) is 13.7. The molecule has 1 aromatic carbocycles. The lowest BCUT2D eigenvalue weighted by molar-refractivity contribution is 0.0947. The van der Waals surface area contributed by atoms with Gasteiger partial charge in [-0.15, -0.1) is 0 Å². The minimum atomic E-state index is -0.0711. The fourth-order valence-electron chi connectivity index (χ4n) is 2.47. The summed E-state index contributed by atoms with van der Waals surface area (Å²) in [5.41, 5.74) is 8.01. The number of amides is 1. The SMILES string of the molecule is Cc1ccc(N)c(C(=O)NCCN2CCCCC2)c1. The predicted octanol–water partition coefficient (Wildman–Crippen LogP) is 1.79. The van der Waals surface area contributed by atoms with E-state index in [0.717, 1.165) is 25.2 Å². The van der Waals surface area contributed by atoms with Crippen molar-refractivity contribution in [2.75, 3.05) is 31.9 Å². The summed E-state index contributed by atoms with van der Waals surface area (Å²) >= 11 is 0. The Hall–Kier alpha value is -1.55. The molecule has 1 heterocycles. The van der Waals surface area contributed by atoms with Crippen molar-refractivity contribution in [3.8, 4) is 0 Å². The van der Waals surface area contributed by atoms with Gasteiger partial charge in [0.1, 0.15) is 0 Å². The zero-order valence-corrected chi connectivity index (χ0v) is 11.6. The molecule has 0 aliphatic carbocycles. The van der Waals surface area contributed by atoms with Gasteiger partial charge in [-0.1, -0.05) is 18.1 Å². The number of anilines is 1. The maximum atomic E-state index is 12.0. The molecule has 0 saturated carbocycles. The summed E-state index contributed by atoms with van der Waals surface area (Å²) in [5, 5.41) is 2.95. The van der Waals surface area contributed by atoms with Gasteiger partial charge in [-0.2, -0.15) is 0 Å². The van der Waals surface area contributed by atoms with Crippen LogP contribution in [0.1, 0.15) is 35.2 Å². The Labute approximate surface area is 115 Å². The molecular weight excluding hydrogens is 238 g/mol. The van der Waals surface area contributed by atoms with E-state index in [-0.39, 0.29) is 5.91 Å². The van der Waals surface area contributed by atoms with Gasteiger partial charge >= 0.3 is 0 Å². The molecular formula is C15H23N3O. The Morgan fingerprint density at radius 2 is 2.05 bits per heavy atom. The van der Waals surface area contributed by atoms with Gasteiger partial charge in [0.15, 0.2) is 0 Å². The number of nitrogen functional groups attached to an aromatic ring is 1. The topological polar surface area (TPSA) is 58.4 Å². The molecule has 0 aromatic heterocycles. The Kier molecular flexibility index (Phi) is 4.80. The van der Waals surface area contributed by atoms with Crippen LogP contribution in [0.2, 0.25) is 0 Å². The van der Waals surface area contributed by atoms with E-state index in [1.165, 1.54) is 19.3 Å². The van der Waals surface area contributed by atoms with Crippen LogP contribution in [0.5, 0.6) is 0 Å². The Morgan fingerprint density at radius 3 is 2.79 bits per heavy atom. The van der Waals surface area contributed by atoms with E-state index >= 15 is 0 Å². The number of nitrogens with two attached hydrogens (primary N) is 1. The van der Waals surface area contributed by atoms with Crippen LogP contribution in [-0.2, 0) is 0 Å². The smallest absolute Gasteiger partial charge is 0.253 e. The van der Waals surface area contributed by atoms with Crippen LogP contribution in [0.25, 0.3) is 0 Å². The second-order valence-electron chi connectivity index (χ2n) is 5.25. The molecule has 1 aliphatic heterocycles. The molecule has 0 radical (unpaired) electrons. The summed E-state index contributed by atoms with van der Waals surface area (Å²) in [6.07, 6.45) is 3.89. The van der Waals surface area contributed by atoms with Gasteiger partial charge in [0.25, 0.3) is 5.91 Å². The van der Waals surface area contributed by atoms with E-state index in [4.69, 9.17) is 5.73 Å². The summed E-state index contributed by atoms with van der Waals surface area (Å²) in [4.78, 5) is 14.5. The number of carbonyl (C=O) groups excluding carboxylic acids is 1. The number of hydrogen-bond acceptors (Lipinski definition) is 3. The van der Waals surface area contributed by atoms with E-state index in [1.807, 2.05) is 19.1 Å². The minimum Gasteiger partial charge on any atom is -0.398 e. The Morgan fingerprint density at radius 1 is 1.32 bits per heavy atom. The number of likely N-dealkylation sites (tertiary alicyclic amines) is 1. The largest absolute Gasteiger partial charge is 0.398 e. The summed E-state index contributed by atoms with van der Waals surface area (Å²) in [6.45, 7) is 5.89. The number of hydrogen-bond donors (Lipinski definition) is 2. The van der Waals surface area contributed by atoms with Crippen LogP contribution >= 0.6 is 0 Å². The van der Waals surface area contributed by atoms with E-state index in [2.05, 4.69) is 10.2 Å². The molecule has 1 fully saturated rings. The number of piperidine rings is 1. The highest BCUT2D eigenvalue weighted by molar-refractivity contribution is 5.99. The van der Waals surface area contributed by atoms with Gasteiger partial charge in [0.05, 0.1) is 5.56 Å². The quantitative estimate of drug-likeness (QED) is 0.812. The van der Waals surface area contributed by atoms with Crippen LogP contribution in [-0.4, -0.2) is 37.0 Å². The lowest BCUT2D eigenvalue weighted by atomic mass is 10.1. The van der Waals surface area contributed by atoms with Gasteiger partial charge in [-0.05, 0) is 45.0 Å². The average molecular weight is 261 g/mol. The van der Waals surface area contributed by atoms with Crippen LogP contribution in [0.15, 0.2) is 18.2 Å².